The Morgan fingerprint density at radius 3 is 2.62 bits per heavy atom. The van der Waals surface area contributed by atoms with Gasteiger partial charge in [-0.25, -0.2) is 0 Å². The normalized spacial score (nSPS) is 12.9. The zero-order valence-electron chi connectivity index (χ0n) is 9.41. The average Bonchev–Trinajstić information content (AvgIpc) is 2.26. The molecule has 0 bridgehead atoms. The third-order valence-electron chi connectivity index (χ3n) is 2.18. The van der Waals surface area contributed by atoms with Crippen LogP contribution in [0.15, 0.2) is 18.2 Å². The molecule has 1 aromatic carbocycles. The number of halogens is 2. The van der Waals surface area contributed by atoms with Crippen LogP contribution in [0.3, 0.4) is 0 Å². The van der Waals surface area contributed by atoms with Crippen LogP contribution >= 0.6 is 23.2 Å². The fraction of sp³-hybridized carbons (Fsp3) is 0.500. The average molecular weight is 263 g/mol. The second-order valence-corrected chi connectivity index (χ2v) is 4.83. The summed E-state index contributed by atoms with van der Waals surface area (Å²) >= 11 is 11.4. The quantitative estimate of drug-likeness (QED) is 0.822. The maximum atomic E-state index is 9.86. The summed E-state index contributed by atoms with van der Waals surface area (Å²) in [6.07, 6.45) is -0.00991. The van der Waals surface area contributed by atoms with E-state index in [0.29, 0.717) is 17.9 Å². The predicted octanol–water partition coefficient (Wildman–Crippen LogP) is 3.62. The molecule has 4 heteroatoms. The molecule has 0 aliphatic rings. The summed E-state index contributed by atoms with van der Waals surface area (Å²) in [7, 11) is 0. The fourth-order valence-electron chi connectivity index (χ4n) is 1.38. The lowest BCUT2D eigenvalue weighted by atomic mass is 10.1. The molecule has 0 aliphatic carbocycles. The summed E-state index contributed by atoms with van der Waals surface area (Å²) in [6.45, 7) is 4.57. The SMILES string of the molecule is CCCOc1ccc(C)cc1C(O)C(Cl)Cl. The Labute approximate surface area is 106 Å². The number of hydrogen-bond donors (Lipinski definition) is 1. The van der Waals surface area contributed by atoms with E-state index in [0.717, 1.165) is 12.0 Å². The van der Waals surface area contributed by atoms with E-state index in [1.807, 2.05) is 32.0 Å². The van der Waals surface area contributed by atoms with Crippen LogP contribution in [0, 0.1) is 6.92 Å². The largest absolute Gasteiger partial charge is 0.493 e. The van der Waals surface area contributed by atoms with Crippen LogP contribution < -0.4 is 4.74 Å². The number of benzene rings is 1. The van der Waals surface area contributed by atoms with E-state index in [1.54, 1.807) is 0 Å². The van der Waals surface area contributed by atoms with Crippen LogP contribution in [0.2, 0.25) is 0 Å². The lowest BCUT2D eigenvalue weighted by Crippen LogP contribution is -2.09. The molecule has 1 aromatic rings. The Morgan fingerprint density at radius 2 is 2.06 bits per heavy atom. The monoisotopic (exact) mass is 262 g/mol. The van der Waals surface area contributed by atoms with Gasteiger partial charge in [0.1, 0.15) is 16.7 Å². The van der Waals surface area contributed by atoms with Crippen molar-refractivity contribution >= 4 is 23.2 Å². The van der Waals surface area contributed by atoms with E-state index < -0.39 is 10.9 Å². The van der Waals surface area contributed by atoms with Gasteiger partial charge in [0.05, 0.1) is 6.61 Å². The van der Waals surface area contributed by atoms with Crippen molar-refractivity contribution < 1.29 is 9.84 Å². The minimum Gasteiger partial charge on any atom is -0.493 e. The smallest absolute Gasteiger partial charge is 0.137 e. The van der Waals surface area contributed by atoms with Gasteiger partial charge in [0.25, 0.3) is 0 Å². The van der Waals surface area contributed by atoms with Crippen molar-refractivity contribution in [3.63, 3.8) is 0 Å². The summed E-state index contributed by atoms with van der Waals surface area (Å²) in [4.78, 5) is -0.856. The van der Waals surface area contributed by atoms with Crippen LogP contribution in [-0.4, -0.2) is 16.5 Å². The topological polar surface area (TPSA) is 29.5 Å². The van der Waals surface area contributed by atoms with Gasteiger partial charge in [-0.05, 0) is 25.5 Å². The molecule has 0 saturated heterocycles. The van der Waals surface area contributed by atoms with Gasteiger partial charge in [-0.2, -0.15) is 0 Å². The molecule has 1 rings (SSSR count). The second-order valence-electron chi connectivity index (χ2n) is 3.67. The van der Waals surface area contributed by atoms with Gasteiger partial charge < -0.3 is 9.84 Å². The molecule has 90 valence electrons. The number of aryl methyl sites for hydroxylation is 1. The van der Waals surface area contributed by atoms with Crippen molar-refractivity contribution in [2.45, 2.75) is 31.2 Å². The molecule has 16 heavy (non-hydrogen) atoms. The zero-order valence-corrected chi connectivity index (χ0v) is 10.9. The van der Waals surface area contributed by atoms with E-state index in [9.17, 15) is 5.11 Å². The van der Waals surface area contributed by atoms with Crippen molar-refractivity contribution in [1.82, 2.24) is 0 Å². The molecule has 0 amide bonds. The maximum Gasteiger partial charge on any atom is 0.137 e. The van der Waals surface area contributed by atoms with Crippen molar-refractivity contribution in [3.05, 3.63) is 29.3 Å². The Balaban J connectivity index is 2.97. The number of aliphatic hydroxyl groups excluding tert-OH is 1. The van der Waals surface area contributed by atoms with Gasteiger partial charge in [-0.1, -0.05) is 18.6 Å². The number of hydrogen-bond acceptors (Lipinski definition) is 2. The van der Waals surface area contributed by atoms with E-state index >= 15 is 0 Å². The van der Waals surface area contributed by atoms with Gasteiger partial charge in [0.2, 0.25) is 0 Å². The van der Waals surface area contributed by atoms with Gasteiger partial charge in [-0.15, -0.1) is 23.2 Å². The van der Waals surface area contributed by atoms with Crippen LogP contribution in [0.5, 0.6) is 5.75 Å². The first kappa shape index (κ1) is 13.6. The first-order chi connectivity index (χ1) is 7.56. The van der Waals surface area contributed by atoms with Gasteiger partial charge in [0, 0.05) is 5.56 Å². The summed E-state index contributed by atoms with van der Waals surface area (Å²) in [5, 5.41) is 9.86. The Kier molecular flexibility index (Phi) is 5.39. The third-order valence-corrected chi connectivity index (χ3v) is 2.66. The highest BCUT2D eigenvalue weighted by molar-refractivity contribution is 6.44. The van der Waals surface area contributed by atoms with E-state index in [1.165, 1.54) is 0 Å². The predicted molar refractivity (Wildman–Crippen MR) is 67.4 cm³/mol. The molecule has 0 radical (unpaired) electrons. The number of ether oxygens (including phenoxy) is 1. The first-order valence-corrected chi connectivity index (χ1v) is 6.13. The molecular formula is C12H16Cl2O2. The Bertz CT molecular complexity index is 340. The molecule has 0 fully saturated rings. The minimum atomic E-state index is -0.921. The molecule has 1 atom stereocenters. The van der Waals surface area contributed by atoms with Crippen LogP contribution in [0.1, 0.15) is 30.6 Å². The number of aliphatic hydroxyl groups is 1. The molecule has 1 N–H and O–H groups in total. The third kappa shape index (κ3) is 3.55. The van der Waals surface area contributed by atoms with E-state index in [4.69, 9.17) is 27.9 Å². The van der Waals surface area contributed by atoms with E-state index in [-0.39, 0.29) is 0 Å². The molecular weight excluding hydrogens is 247 g/mol. The summed E-state index contributed by atoms with van der Waals surface area (Å²) in [6, 6.07) is 5.60. The first-order valence-electron chi connectivity index (χ1n) is 5.25. The standard InChI is InChI=1S/C12H16Cl2O2/c1-3-6-16-10-5-4-8(2)7-9(10)11(15)12(13)14/h4-5,7,11-12,15H,3,6H2,1-2H3. The van der Waals surface area contributed by atoms with E-state index in [2.05, 4.69) is 0 Å². The van der Waals surface area contributed by atoms with Crippen LogP contribution in [-0.2, 0) is 0 Å². The van der Waals surface area contributed by atoms with Gasteiger partial charge >= 0.3 is 0 Å². The highest BCUT2D eigenvalue weighted by Gasteiger charge is 2.20. The van der Waals surface area contributed by atoms with Crippen LogP contribution in [0.4, 0.5) is 0 Å². The maximum absolute atomic E-state index is 9.86. The molecule has 2 nitrogen and oxygen atoms in total. The lowest BCUT2D eigenvalue weighted by molar-refractivity contribution is 0.185. The van der Waals surface area contributed by atoms with Crippen molar-refractivity contribution in [1.29, 1.82) is 0 Å². The molecule has 0 saturated carbocycles. The number of alkyl halides is 2. The highest BCUT2D eigenvalue weighted by Crippen LogP contribution is 2.32. The molecule has 0 spiro atoms. The summed E-state index contributed by atoms with van der Waals surface area (Å²) in [5.41, 5.74) is 1.68. The van der Waals surface area contributed by atoms with Crippen LogP contribution in [0.25, 0.3) is 0 Å². The van der Waals surface area contributed by atoms with Gasteiger partial charge in [0.15, 0.2) is 0 Å². The molecule has 1 unspecified atom stereocenters. The van der Waals surface area contributed by atoms with Crippen molar-refractivity contribution in [3.8, 4) is 5.75 Å². The number of rotatable bonds is 5. The van der Waals surface area contributed by atoms with Gasteiger partial charge in [-0.3, -0.25) is 0 Å². The molecule has 0 heterocycles. The Hall–Kier alpha value is -0.440. The van der Waals surface area contributed by atoms with Crippen molar-refractivity contribution in [2.75, 3.05) is 6.61 Å². The second kappa shape index (κ2) is 6.33. The Morgan fingerprint density at radius 1 is 1.38 bits per heavy atom. The minimum absolute atomic E-state index is 0.609. The molecule has 0 aliphatic heterocycles. The lowest BCUT2D eigenvalue weighted by Gasteiger charge is -2.17. The fourth-order valence-corrected chi connectivity index (χ4v) is 1.65. The molecule has 0 aromatic heterocycles. The summed E-state index contributed by atoms with van der Waals surface area (Å²) in [5.74, 6) is 0.645. The highest BCUT2D eigenvalue weighted by atomic mass is 35.5. The summed E-state index contributed by atoms with van der Waals surface area (Å²) < 4.78 is 5.54. The zero-order chi connectivity index (χ0) is 12.1. The van der Waals surface area contributed by atoms with Crippen molar-refractivity contribution in [2.24, 2.45) is 0 Å².